The Bertz CT molecular complexity index is 607. The molecule has 0 unspecified atom stereocenters. The van der Waals surface area contributed by atoms with Crippen LogP contribution in [-0.2, 0) is 0 Å². The molecule has 0 saturated heterocycles. The molecule has 0 fully saturated rings. The lowest BCUT2D eigenvalue weighted by atomic mass is 10.3. The third kappa shape index (κ3) is 3.08. The average Bonchev–Trinajstić information content (AvgIpc) is 2.31. The van der Waals surface area contributed by atoms with E-state index in [-0.39, 0.29) is 16.6 Å². The maximum atomic E-state index is 10.9. The number of nitro groups is 1. The lowest BCUT2D eigenvalue weighted by molar-refractivity contribution is -0.386. The minimum Gasteiger partial charge on any atom is -0.434 e. The quantitative estimate of drug-likeness (QED) is 0.461. The molecule has 1 aromatic heterocycles. The van der Waals surface area contributed by atoms with Crippen molar-refractivity contribution in [2.24, 2.45) is 0 Å². The van der Waals surface area contributed by atoms with Crippen molar-refractivity contribution in [1.82, 2.24) is 4.98 Å². The highest BCUT2D eigenvalue weighted by atomic mass is 127. The molecule has 0 amide bonds. The van der Waals surface area contributed by atoms with Crippen LogP contribution in [0.1, 0.15) is 0 Å². The van der Waals surface area contributed by atoms with E-state index in [1.54, 1.807) is 18.2 Å². The van der Waals surface area contributed by atoms with Gasteiger partial charge in [0.15, 0.2) is 0 Å². The summed E-state index contributed by atoms with van der Waals surface area (Å²) >= 11 is 7.79. The molecule has 2 aromatic rings. The number of halogens is 2. The van der Waals surface area contributed by atoms with E-state index in [1.807, 2.05) is 6.07 Å². The van der Waals surface area contributed by atoms with Crippen LogP contribution in [0.2, 0.25) is 5.02 Å². The van der Waals surface area contributed by atoms with Gasteiger partial charge in [-0.15, -0.1) is 0 Å². The van der Waals surface area contributed by atoms with Crippen LogP contribution in [-0.4, -0.2) is 9.91 Å². The Labute approximate surface area is 121 Å². The SMILES string of the molecule is O=[N+]([O-])c1cc(Cl)cnc1Oc1cccc(I)c1. The molecule has 92 valence electrons. The first-order chi connectivity index (χ1) is 8.56. The zero-order valence-electron chi connectivity index (χ0n) is 8.84. The number of pyridine rings is 1. The summed E-state index contributed by atoms with van der Waals surface area (Å²) in [4.78, 5) is 14.1. The van der Waals surface area contributed by atoms with Gasteiger partial charge in [-0.25, -0.2) is 4.98 Å². The topological polar surface area (TPSA) is 65.3 Å². The van der Waals surface area contributed by atoms with Gasteiger partial charge < -0.3 is 4.74 Å². The Morgan fingerprint density at radius 3 is 2.83 bits per heavy atom. The summed E-state index contributed by atoms with van der Waals surface area (Å²) in [7, 11) is 0. The predicted octanol–water partition coefficient (Wildman–Crippen LogP) is 4.04. The molecule has 0 aliphatic heterocycles. The van der Waals surface area contributed by atoms with Crippen LogP contribution in [0.4, 0.5) is 5.69 Å². The van der Waals surface area contributed by atoms with E-state index in [4.69, 9.17) is 16.3 Å². The molecule has 0 radical (unpaired) electrons. The molecule has 7 heteroatoms. The number of aromatic nitrogens is 1. The maximum Gasteiger partial charge on any atom is 0.332 e. The molecule has 1 heterocycles. The summed E-state index contributed by atoms with van der Waals surface area (Å²) < 4.78 is 6.35. The minimum atomic E-state index is -0.581. The number of hydrogen-bond donors (Lipinski definition) is 0. The molecular weight excluding hydrogens is 370 g/mol. The van der Waals surface area contributed by atoms with Gasteiger partial charge in [0, 0.05) is 9.64 Å². The molecule has 0 saturated carbocycles. The zero-order valence-corrected chi connectivity index (χ0v) is 11.8. The molecule has 0 aliphatic rings. The number of ether oxygens (including phenoxy) is 1. The van der Waals surface area contributed by atoms with Crippen LogP contribution >= 0.6 is 34.2 Å². The van der Waals surface area contributed by atoms with E-state index in [9.17, 15) is 10.1 Å². The highest BCUT2D eigenvalue weighted by Crippen LogP contribution is 2.31. The standard InChI is InChI=1S/C11H6ClIN2O3/c12-7-4-10(15(16)17)11(14-6-7)18-9-3-1-2-8(13)5-9/h1-6H. The summed E-state index contributed by atoms with van der Waals surface area (Å²) in [6.45, 7) is 0. The number of nitrogens with zero attached hydrogens (tertiary/aromatic N) is 2. The van der Waals surface area contributed by atoms with Gasteiger partial charge in [0.1, 0.15) is 5.75 Å². The lowest BCUT2D eigenvalue weighted by Crippen LogP contribution is -1.96. The third-order valence-corrected chi connectivity index (χ3v) is 2.88. The summed E-state index contributed by atoms with van der Waals surface area (Å²) in [5.74, 6) is 0.409. The molecule has 0 spiro atoms. The monoisotopic (exact) mass is 376 g/mol. The molecule has 0 bridgehead atoms. The van der Waals surface area contributed by atoms with Crippen molar-refractivity contribution in [3.63, 3.8) is 0 Å². The fraction of sp³-hybridized carbons (Fsp3) is 0. The number of benzene rings is 1. The Morgan fingerprint density at radius 1 is 1.39 bits per heavy atom. The molecule has 0 aliphatic carbocycles. The zero-order chi connectivity index (χ0) is 13.1. The minimum absolute atomic E-state index is 0.0774. The van der Waals surface area contributed by atoms with Crippen LogP contribution < -0.4 is 4.74 Å². The number of hydrogen-bond acceptors (Lipinski definition) is 4. The van der Waals surface area contributed by atoms with Gasteiger partial charge in [-0.05, 0) is 40.8 Å². The second-order valence-electron chi connectivity index (χ2n) is 3.29. The average molecular weight is 377 g/mol. The second-order valence-corrected chi connectivity index (χ2v) is 4.98. The van der Waals surface area contributed by atoms with Crippen LogP contribution in [0.3, 0.4) is 0 Å². The first kappa shape index (κ1) is 13.0. The fourth-order valence-corrected chi connectivity index (χ4v) is 1.93. The van der Waals surface area contributed by atoms with E-state index in [1.165, 1.54) is 12.3 Å². The van der Waals surface area contributed by atoms with Crippen molar-refractivity contribution in [2.75, 3.05) is 0 Å². The van der Waals surface area contributed by atoms with Crippen LogP contribution in [0.5, 0.6) is 11.6 Å². The fourth-order valence-electron chi connectivity index (χ4n) is 1.27. The van der Waals surface area contributed by atoms with Crippen molar-refractivity contribution in [3.05, 3.63) is 55.2 Å². The van der Waals surface area contributed by atoms with Gasteiger partial charge >= 0.3 is 5.69 Å². The van der Waals surface area contributed by atoms with Gasteiger partial charge in [-0.2, -0.15) is 0 Å². The molecule has 5 nitrogen and oxygen atoms in total. The normalized spacial score (nSPS) is 10.1. The van der Waals surface area contributed by atoms with E-state index < -0.39 is 4.92 Å². The van der Waals surface area contributed by atoms with E-state index >= 15 is 0 Å². The van der Waals surface area contributed by atoms with Crippen molar-refractivity contribution >= 4 is 39.9 Å². The summed E-state index contributed by atoms with van der Waals surface area (Å²) in [5, 5.41) is 11.0. The van der Waals surface area contributed by atoms with Gasteiger partial charge in [0.2, 0.25) is 0 Å². The van der Waals surface area contributed by atoms with Crippen LogP contribution in [0, 0.1) is 13.7 Å². The van der Waals surface area contributed by atoms with Gasteiger partial charge in [0.05, 0.1) is 16.1 Å². The summed E-state index contributed by atoms with van der Waals surface area (Å²) in [6, 6.07) is 8.33. The Balaban J connectivity index is 2.37. The molecule has 2 rings (SSSR count). The second kappa shape index (κ2) is 5.49. The Hall–Kier alpha value is -1.41. The van der Waals surface area contributed by atoms with E-state index in [0.29, 0.717) is 5.75 Å². The maximum absolute atomic E-state index is 10.9. The number of rotatable bonds is 3. The highest BCUT2D eigenvalue weighted by molar-refractivity contribution is 14.1. The van der Waals surface area contributed by atoms with Gasteiger partial charge in [-0.1, -0.05) is 17.7 Å². The first-order valence-electron chi connectivity index (χ1n) is 4.79. The van der Waals surface area contributed by atoms with Crippen molar-refractivity contribution in [2.45, 2.75) is 0 Å². The van der Waals surface area contributed by atoms with Crippen molar-refractivity contribution < 1.29 is 9.66 Å². The Morgan fingerprint density at radius 2 is 2.17 bits per heavy atom. The highest BCUT2D eigenvalue weighted by Gasteiger charge is 2.18. The first-order valence-corrected chi connectivity index (χ1v) is 6.25. The van der Waals surface area contributed by atoms with Crippen molar-refractivity contribution in [3.8, 4) is 11.6 Å². The van der Waals surface area contributed by atoms with Crippen LogP contribution in [0.15, 0.2) is 36.5 Å². The van der Waals surface area contributed by atoms with E-state index in [2.05, 4.69) is 27.6 Å². The summed E-state index contributed by atoms with van der Waals surface area (Å²) in [6.07, 6.45) is 1.30. The van der Waals surface area contributed by atoms with Gasteiger partial charge in [-0.3, -0.25) is 10.1 Å². The predicted molar refractivity (Wildman–Crippen MR) is 75.1 cm³/mol. The molecule has 18 heavy (non-hydrogen) atoms. The van der Waals surface area contributed by atoms with E-state index in [0.717, 1.165) is 3.57 Å². The molecule has 0 N–H and O–H groups in total. The molecular formula is C11H6ClIN2O3. The largest absolute Gasteiger partial charge is 0.434 e. The third-order valence-electron chi connectivity index (χ3n) is 2.01. The van der Waals surface area contributed by atoms with Gasteiger partial charge in [0.25, 0.3) is 5.88 Å². The lowest BCUT2D eigenvalue weighted by Gasteiger charge is -2.05. The van der Waals surface area contributed by atoms with Crippen molar-refractivity contribution in [1.29, 1.82) is 0 Å². The Kier molecular flexibility index (Phi) is 3.97. The van der Waals surface area contributed by atoms with Crippen LogP contribution in [0.25, 0.3) is 0 Å². The summed E-state index contributed by atoms with van der Waals surface area (Å²) in [5.41, 5.74) is -0.263. The molecule has 0 atom stereocenters. The smallest absolute Gasteiger partial charge is 0.332 e. The molecule has 1 aromatic carbocycles.